The molecule has 0 N–H and O–H groups in total. The molecule has 0 radical (unpaired) electrons. The molecule has 0 atom stereocenters. The lowest BCUT2D eigenvalue weighted by Gasteiger charge is -2.31. The minimum Gasteiger partial charge on any atom is -0.337 e. The van der Waals surface area contributed by atoms with Crippen molar-refractivity contribution in [2.24, 2.45) is 5.92 Å². The van der Waals surface area contributed by atoms with Gasteiger partial charge in [-0.15, -0.1) is 0 Å². The summed E-state index contributed by atoms with van der Waals surface area (Å²) in [5, 5.41) is 0. The molecule has 0 spiro atoms. The molecule has 1 aliphatic rings. The summed E-state index contributed by atoms with van der Waals surface area (Å²) in [6.45, 7) is 4.45. The summed E-state index contributed by atoms with van der Waals surface area (Å²) in [5.41, 5.74) is 1.18. The van der Waals surface area contributed by atoms with Crippen LogP contribution in [0.3, 0.4) is 0 Å². The van der Waals surface area contributed by atoms with Crippen molar-refractivity contribution in [3.63, 3.8) is 0 Å². The summed E-state index contributed by atoms with van der Waals surface area (Å²) in [6, 6.07) is 6.15. The summed E-state index contributed by atoms with van der Waals surface area (Å²) in [7, 11) is 0. The fourth-order valence-corrected chi connectivity index (χ4v) is 2.74. The molecule has 2 aromatic rings. The second kappa shape index (κ2) is 5.97. The number of piperidine rings is 1. The number of hydrogen-bond acceptors (Lipinski definition) is 3. The van der Waals surface area contributed by atoms with Crippen LogP contribution in [-0.2, 0) is 13.1 Å². The van der Waals surface area contributed by atoms with Crippen LogP contribution in [0.5, 0.6) is 0 Å². The highest BCUT2D eigenvalue weighted by Gasteiger charge is 2.19. The minimum atomic E-state index is 0.786. The molecule has 19 heavy (non-hydrogen) atoms. The summed E-state index contributed by atoms with van der Waals surface area (Å²) < 4.78 is 2.19. The van der Waals surface area contributed by atoms with E-state index in [1.165, 1.54) is 31.6 Å². The third-order valence-corrected chi connectivity index (χ3v) is 3.85. The maximum atomic E-state index is 4.40. The molecule has 4 heteroatoms. The predicted octanol–water partition coefficient (Wildman–Crippen LogP) is 2.19. The largest absolute Gasteiger partial charge is 0.337 e. The number of hydrogen-bond donors (Lipinski definition) is 0. The van der Waals surface area contributed by atoms with Gasteiger partial charge in [-0.2, -0.15) is 0 Å². The van der Waals surface area contributed by atoms with Gasteiger partial charge in [-0.05, 0) is 44.0 Å². The van der Waals surface area contributed by atoms with Crippen LogP contribution in [0.1, 0.15) is 18.5 Å². The van der Waals surface area contributed by atoms with Gasteiger partial charge >= 0.3 is 0 Å². The molecule has 0 bridgehead atoms. The maximum absolute atomic E-state index is 4.40. The van der Waals surface area contributed by atoms with Crippen molar-refractivity contribution in [2.75, 3.05) is 13.1 Å². The highest BCUT2D eigenvalue weighted by atomic mass is 15.1. The molecular formula is C15H20N4. The Kier molecular flexibility index (Phi) is 3.89. The van der Waals surface area contributed by atoms with Gasteiger partial charge in [-0.25, -0.2) is 4.98 Å². The van der Waals surface area contributed by atoms with Crippen molar-refractivity contribution < 1.29 is 0 Å². The molecule has 0 unspecified atom stereocenters. The molecule has 1 aliphatic heterocycles. The topological polar surface area (TPSA) is 34.0 Å². The Morgan fingerprint density at radius 1 is 1.16 bits per heavy atom. The third kappa shape index (κ3) is 3.41. The van der Waals surface area contributed by atoms with Crippen LogP contribution in [0.25, 0.3) is 0 Å². The molecule has 0 aromatic carbocycles. The average molecular weight is 256 g/mol. The van der Waals surface area contributed by atoms with E-state index in [2.05, 4.69) is 37.8 Å². The highest BCUT2D eigenvalue weighted by molar-refractivity contribution is 5.03. The van der Waals surface area contributed by atoms with Gasteiger partial charge in [0.1, 0.15) is 0 Å². The zero-order valence-electron chi connectivity index (χ0n) is 11.2. The van der Waals surface area contributed by atoms with Crippen LogP contribution >= 0.6 is 0 Å². The van der Waals surface area contributed by atoms with Gasteiger partial charge < -0.3 is 4.57 Å². The number of aromatic nitrogens is 3. The molecule has 1 fully saturated rings. The van der Waals surface area contributed by atoms with Crippen molar-refractivity contribution in [3.8, 4) is 0 Å². The van der Waals surface area contributed by atoms with Crippen molar-refractivity contribution in [1.82, 2.24) is 19.4 Å². The molecule has 2 aromatic heterocycles. The van der Waals surface area contributed by atoms with Gasteiger partial charge in [0.05, 0.1) is 12.0 Å². The second-order valence-electron chi connectivity index (χ2n) is 5.30. The summed E-state index contributed by atoms with van der Waals surface area (Å²) in [6.07, 6.45) is 10.2. The van der Waals surface area contributed by atoms with Crippen molar-refractivity contribution in [3.05, 3.63) is 48.8 Å². The van der Waals surface area contributed by atoms with E-state index < -0.39 is 0 Å². The maximum Gasteiger partial charge on any atom is 0.0945 e. The first-order valence-corrected chi connectivity index (χ1v) is 6.98. The van der Waals surface area contributed by atoms with Gasteiger partial charge in [0.15, 0.2) is 0 Å². The standard InChI is InChI=1S/C15H20N4/c1-2-6-17-15(3-1)12-18-8-4-14(5-9-18)11-19-10-7-16-13-19/h1-3,6-7,10,13-14H,4-5,8-9,11-12H2. The molecule has 3 rings (SSSR count). The Morgan fingerprint density at radius 2 is 2.05 bits per heavy atom. The summed E-state index contributed by atoms with van der Waals surface area (Å²) in [4.78, 5) is 11.0. The van der Waals surface area contributed by atoms with Crippen LogP contribution in [-0.4, -0.2) is 32.5 Å². The van der Waals surface area contributed by atoms with Crippen molar-refractivity contribution >= 4 is 0 Å². The van der Waals surface area contributed by atoms with E-state index in [9.17, 15) is 0 Å². The number of imidazole rings is 1. The van der Waals surface area contributed by atoms with Crippen molar-refractivity contribution in [1.29, 1.82) is 0 Å². The number of pyridine rings is 1. The Labute approximate surface area is 114 Å². The average Bonchev–Trinajstić information content (AvgIpc) is 2.95. The molecule has 0 saturated carbocycles. The normalized spacial score (nSPS) is 17.7. The molecule has 4 nitrogen and oxygen atoms in total. The quantitative estimate of drug-likeness (QED) is 0.841. The molecule has 0 amide bonds. The molecule has 0 aliphatic carbocycles. The Balaban J connectivity index is 1.47. The smallest absolute Gasteiger partial charge is 0.0945 e. The summed E-state index contributed by atoms with van der Waals surface area (Å²) in [5.74, 6) is 0.786. The van der Waals surface area contributed by atoms with Crippen LogP contribution in [0.4, 0.5) is 0 Å². The van der Waals surface area contributed by atoms with E-state index in [1.54, 1.807) is 0 Å². The first-order chi connectivity index (χ1) is 9.40. The van der Waals surface area contributed by atoms with E-state index in [4.69, 9.17) is 0 Å². The molecular weight excluding hydrogens is 236 g/mol. The fourth-order valence-electron chi connectivity index (χ4n) is 2.74. The van der Waals surface area contributed by atoms with Crippen LogP contribution in [0.15, 0.2) is 43.1 Å². The Hall–Kier alpha value is -1.68. The second-order valence-corrected chi connectivity index (χ2v) is 5.30. The van der Waals surface area contributed by atoms with Gasteiger partial charge in [0.2, 0.25) is 0 Å². The lowest BCUT2D eigenvalue weighted by molar-refractivity contribution is 0.165. The van der Waals surface area contributed by atoms with Gasteiger partial charge in [-0.3, -0.25) is 9.88 Å². The van der Waals surface area contributed by atoms with E-state index in [0.29, 0.717) is 0 Å². The van der Waals surface area contributed by atoms with Gasteiger partial charge in [-0.1, -0.05) is 6.07 Å². The molecule has 3 heterocycles. The van der Waals surface area contributed by atoms with Crippen molar-refractivity contribution in [2.45, 2.75) is 25.9 Å². The van der Waals surface area contributed by atoms with Crippen LogP contribution in [0, 0.1) is 5.92 Å². The zero-order chi connectivity index (χ0) is 12.9. The molecule has 100 valence electrons. The Morgan fingerprint density at radius 3 is 2.74 bits per heavy atom. The third-order valence-electron chi connectivity index (χ3n) is 3.85. The van der Waals surface area contributed by atoms with E-state index >= 15 is 0 Å². The SMILES string of the molecule is c1ccc(CN2CCC(Cn3ccnc3)CC2)nc1. The highest BCUT2D eigenvalue weighted by Crippen LogP contribution is 2.20. The Bertz CT molecular complexity index is 472. The lowest BCUT2D eigenvalue weighted by Crippen LogP contribution is -2.34. The fraction of sp³-hybridized carbons (Fsp3) is 0.467. The number of likely N-dealkylation sites (tertiary alicyclic amines) is 1. The van der Waals surface area contributed by atoms with E-state index in [-0.39, 0.29) is 0 Å². The zero-order valence-corrected chi connectivity index (χ0v) is 11.2. The van der Waals surface area contributed by atoms with Crippen LogP contribution < -0.4 is 0 Å². The van der Waals surface area contributed by atoms with Crippen LogP contribution in [0.2, 0.25) is 0 Å². The number of nitrogens with zero attached hydrogens (tertiary/aromatic N) is 4. The predicted molar refractivity (Wildman–Crippen MR) is 74.5 cm³/mol. The first-order valence-electron chi connectivity index (χ1n) is 6.98. The first kappa shape index (κ1) is 12.4. The monoisotopic (exact) mass is 256 g/mol. The van der Waals surface area contributed by atoms with Gasteiger partial charge in [0.25, 0.3) is 0 Å². The number of rotatable bonds is 4. The van der Waals surface area contributed by atoms with Gasteiger partial charge in [0, 0.05) is 31.7 Å². The van der Waals surface area contributed by atoms with E-state index in [1.807, 2.05) is 24.8 Å². The lowest BCUT2D eigenvalue weighted by atomic mass is 9.96. The summed E-state index contributed by atoms with van der Waals surface area (Å²) >= 11 is 0. The minimum absolute atomic E-state index is 0.786. The van der Waals surface area contributed by atoms with E-state index in [0.717, 1.165) is 19.0 Å². The molecule has 1 saturated heterocycles.